The minimum Gasteiger partial charge on any atom is -0.330 e. The van der Waals surface area contributed by atoms with E-state index in [0.717, 1.165) is 25.2 Å². The number of nitrogens with zero attached hydrogens (tertiary/aromatic N) is 2. The lowest BCUT2D eigenvalue weighted by atomic mass is 10.00. The molecule has 0 bridgehead atoms. The lowest BCUT2D eigenvalue weighted by molar-refractivity contribution is 0.330. The maximum absolute atomic E-state index is 5.70. The van der Waals surface area contributed by atoms with E-state index in [1.165, 1.54) is 11.1 Å². The van der Waals surface area contributed by atoms with Crippen LogP contribution in [0.15, 0.2) is 48.7 Å². The van der Waals surface area contributed by atoms with Crippen LogP contribution < -0.4 is 5.73 Å². The van der Waals surface area contributed by atoms with E-state index >= 15 is 0 Å². The highest BCUT2D eigenvalue weighted by molar-refractivity contribution is 5.25. The van der Waals surface area contributed by atoms with Gasteiger partial charge in [0.25, 0.3) is 0 Å². The van der Waals surface area contributed by atoms with Gasteiger partial charge in [0.2, 0.25) is 0 Å². The van der Waals surface area contributed by atoms with E-state index in [1.54, 1.807) is 0 Å². The highest BCUT2D eigenvalue weighted by atomic mass is 15.1. The molecule has 3 heteroatoms. The van der Waals surface area contributed by atoms with Crippen molar-refractivity contribution in [1.82, 2.24) is 9.88 Å². The molecule has 0 aliphatic heterocycles. The molecule has 0 spiro atoms. The largest absolute Gasteiger partial charge is 0.330 e. The Morgan fingerprint density at radius 3 is 2.52 bits per heavy atom. The number of aromatic nitrogens is 1. The molecule has 1 unspecified atom stereocenters. The minimum atomic E-state index is 0.431. The number of hydrogen-bond acceptors (Lipinski definition) is 3. The van der Waals surface area contributed by atoms with Gasteiger partial charge in [0.05, 0.1) is 0 Å². The third-order valence-corrected chi connectivity index (χ3v) is 3.83. The Kier molecular flexibility index (Phi) is 5.90. The first-order valence-corrected chi connectivity index (χ1v) is 7.56. The minimum absolute atomic E-state index is 0.431. The van der Waals surface area contributed by atoms with Crippen LogP contribution in [-0.2, 0) is 13.0 Å². The van der Waals surface area contributed by atoms with E-state index in [2.05, 4.69) is 54.2 Å². The zero-order chi connectivity index (χ0) is 15.1. The smallest absolute Gasteiger partial charge is 0.0416 e. The number of rotatable bonds is 7. The molecule has 112 valence electrons. The maximum Gasteiger partial charge on any atom is 0.0416 e. The van der Waals surface area contributed by atoms with Crippen LogP contribution in [0, 0.1) is 0 Å². The van der Waals surface area contributed by atoms with Gasteiger partial charge in [-0.3, -0.25) is 4.98 Å². The molecule has 0 radical (unpaired) electrons. The van der Waals surface area contributed by atoms with Gasteiger partial charge in [-0.15, -0.1) is 0 Å². The molecule has 2 N–H and O–H groups in total. The van der Waals surface area contributed by atoms with Crippen LogP contribution >= 0.6 is 0 Å². The summed E-state index contributed by atoms with van der Waals surface area (Å²) in [5.74, 6) is 0.431. The van der Waals surface area contributed by atoms with Crippen molar-refractivity contribution in [3.05, 3.63) is 65.5 Å². The van der Waals surface area contributed by atoms with Gasteiger partial charge in [-0.2, -0.15) is 0 Å². The van der Waals surface area contributed by atoms with Crippen molar-refractivity contribution in [1.29, 1.82) is 0 Å². The van der Waals surface area contributed by atoms with Crippen molar-refractivity contribution in [2.45, 2.75) is 25.8 Å². The van der Waals surface area contributed by atoms with Crippen molar-refractivity contribution >= 4 is 0 Å². The lowest BCUT2D eigenvalue weighted by Crippen LogP contribution is -2.21. The second kappa shape index (κ2) is 7.91. The number of benzene rings is 1. The van der Waals surface area contributed by atoms with Gasteiger partial charge in [-0.05, 0) is 42.8 Å². The van der Waals surface area contributed by atoms with Crippen molar-refractivity contribution in [2.75, 3.05) is 20.1 Å². The summed E-state index contributed by atoms with van der Waals surface area (Å²) < 4.78 is 0. The van der Waals surface area contributed by atoms with Crippen molar-refractivity contribution < 1.29 is 0 Å². The zero-order valence-corrected chi connectivity index (χ0v) is 13.0. The summed E-state index contributed by atoms with van der Waals surface area (Å²) in [7, 11) is 2.15. The molecule has 21 heavy (non-hydrogen) atoms. The van der Waals surface area contributed by atoms with Gasteiger partial charge in [-0.1, -0.05) is 37.3 Å². The SMILES string of the molecule is CC(CN)c1ccc(CN(C)CCc2ccccn2)cc1. The van der Waals surface area contributed by atoms with E-state index in [9.17, 15) is 0 Å². The predicted octanol–water partition coefficient (Wildman–Crippen LogP) is 2.82. The molecule has 1 heterocycles. The molecular weight excluding hydrogens is 258 g/mol. The second-order valence-corrected chi connectivity index (χ2v) is 5.69. The summed E-state index contributed by atoms with van der Waals surface area (Å²) in [6.07, 6.45) is 2.84. The zero-order valence-electron chi connectivity index (χ0n) is 13.0. The first kappa shape index (κ1) is 15.7. The normalized spacial score (nSPS) is 12.6. The average Bonchev–Trinajstić information content (AvgIpc) is 2.54. The molecule has 0 amide bonds. The Balaban J connectivity index is 1.83. The predicted molar refractivity (Wildman–Crippen MR) is 88.2 cm³/mol. The van der Waals surface area contributed by atoms with Crippen LogP contribution in [0.2, 0.25) is 0 Å². The molecule has 1 atom stereocenters. The number of hydrogen-bond donors (Lipinski definition) is 1. The van der Waals surface area contributed by atoms with Crippen LogP contribution in [0.3, 0.4) is 0 Å². The van der Waals surface area contributed by atoms with Crippen molar-refractivity contribution in [3.8, 4) is 0 Å². The Morgan fingerprint density at radius 1 is 1.14 bits per heavy atom. The number of nitrogens with two attached hydrogens (primary N) is 1. The van der Waals surface area contributed by atoms with Gasteiger partial charge in [-0.25, -0.2) is 0 Å². The summed E-state index contributed by atoms with van der Waals surface area (Å²) in [5, 5.41) is 0. The van der Waals surface area contributed by atoms with Gasteiger partial charge in [0, 0.05) is 31.4 Å². The molecule has 1 aromatic carbocycles. The fourth-order valence-corrected chi connectivity index (χ4v) is 2.33. The molecule has 2 rings (SSSR count). The van der Waals surface area contributed by atoms with Crippen LogP contribution in [0.5, 0.6) is 0 Å². The quantitative estimate of drug-likeness (QED) is 0.849. The van der Waals surface area contributed by atoms with E-state index < -0.39 is 0 Å². The summed E-state index contributed by atoms with van der Waals surface area (Å²) in [5.41, 5.74) is 9.51. The Morgan fingerprint density at radius 2 is 1.90 bits per heavy atom. The van der Waals surface area contributed by atoms with E-state index in [-0.39, 0.29) is 0 Å². The Labute approximate surface area is 127 Å². The van der Waals surface area contributed by atoms with Crippen molar-refractivity contribution in [2.24, 2.45) is 5.73 Å². The highest BCUT2D eigenvalue weighted by Gasteiger charge is 2.05. The molecule has 0 saturated carbocycles. The average molecular weight is 283 g/mol. The van der Waals surface area contributed by atoms with Crippen LogP contribution in [-0.4, -0.2) is 30.0 Å². The Hall–Kier alpha value is -1.71. The summed E-state index contributed by atoms with van der Waals surface area (Å²) in [4.78, 5) is 6.69. The Bertz CT molecular complexity index is 522. The number of likely N-dealkylation sites (N-methyl/N-ethyl adjacent to an activating group) is 1. The molecule has 2 aromatic rings. The number of pyridine rings is 1. The first-order valence-electron chi connectivity index (χ1n) is 7.56. The molecule has 0 fully saturated rings. The topological polar surface area (TPSA) is 42.1 Å². The van der Waals surface area contributed by atoms with Crippen LogP contribution in [0.25, 0.3) is 0 Å². The van der Waals surface area contributed by atoms with Gasteiger partial charge >= 0.3 is 0 Å². The van der Waals surface area contributed by atoms with E-state index in [1.807, 2.05) is 18.3 Å². The fraction of sp³-hybridized carbons (Fsp3) is 0.389. The summed E-state index contributed by atoms with van der Waals surface area (Å²) >= 11 is 0. The first-order chi connectivity index (χ1) is 10.2. The maximum atomic E-state index is 5.70. The third-order valence-electron chi connectivity index (χ3n) is 3.83. The second-order valence-electron chi connectivity index (χ2n) is 5.69. The van der Waals surface area contributed by atoms with Gasteiger partial charge < -0.3 is 10.6 Å². The van der Waals surface area contributed by atoms with Crippen LogP contribution in [0.4, 0.5) is 0 Å². The van der Waals surface area contributed by atoms with Crippen LogP contribution in [0.1, 0.15) is 29.7 Å². The highest BCUT2D eigenvalue weighted by Crippen LogP contribution is 2.15. The molecular formula is C18H25N3. The summed E-state index contributed by atoms with van der Waals surface area (Å²) in [6, 6.07) is 14.9. The molecule has 0 aliphatic carbocycles. The molecule has 1 aromatic heterocycles. The fourth-order valence-electron chi connectivity index (χ4n) is 2.33. The van der Waals surface area contributed by atoms with Crippen molar-refractivity contribution in [3.63, 3.8) is 0 Å². The van der Waals surface area contributed by atoms with E-state index in [0.29, 0.717) is 12.5 Å². The van der Waals surface area contributed by atoms with Gasteiger partial charge in [0.15, 0.2) is 0 Å². The lowest BCUT2D eigenvalue weighted by Gasteiger charge is -2.17. The monoisotopic (exact) mass is 283 g/mol. The van der Waals surface area contributed by atoms with Gasteiger partial charge in [0.1, 0.15) is 0 Å². The molecule has 0 saturated heterocycles. The molecule has 3 nitrogen and oxygen atoms in total. The standard InChI is InChI=1S/C18H25N3/c1-15(13-19)17-8-6-16(7-9-17)14-21(2)12-10-18-5-3-4-11-20-18/h3-9,11,15H,10,12-14,19H2,1-2H3. The molecule has 0 aliphatic rings. The third kappa shape index (κ3) is 4.96. The van der Waals surface area contributed by atoms with E-state index in [4.69, 9.17) is 5.73 Å². The summed E-state index contributed by atoms with van der Waals surface area (Å²) in [6.45, 7) is 4.83.